The van der Waals surface area contributed by atoms with Crippen LogP contribution in [0.2, 0.25) is 0 Å². The van der Waals surface area contributed by atoms with Crippen LogP contribution in [0.1, 0.15) is 11.1 Å². The van der Waals surface area contributed by atoms with Crippen molar-refractivity contribution < 1.29 is 4.39 Å². The SMILES string of the molecule is N#Cc1ccc(-c2ccc3c4ccc(-c5ccc(C#N)cc5)cc4n(-c4ccc(-c5ccccc5F)c(-c5nc(-c6ccccc6)nc(-c6ccccc6)n5)c4)c3c2)cc1. The standard InChI is InChI=1S/C53H31FN6/c54-48-14-8-7-13-44(48)43-28-25-42(31-47(43)53-58-51(38-9-3-1-4-10-38)57-52(59-53)39-11-5-2-6-12-39)60-49-29-40(36-19-15-34(32-55)16-20-36)23-26-45(49)46-27-24-41(30-50(46)60)37-21-17-35(33-56)18-22-37/h1-31H. The van der Waals surface area contributed by atoms with Crippen LogP contribution in [-0.4, -0.2) is 19.5 Å². The number of aromatic nitrogens is 4. The van der Waals surface area contributed by atoms with Gasteiger partial charge in [0, 0.05) is 38.7 Å². The lowest BCUT2D eigenvalue weighted by Gasteiger charge is -2.16. The molecule has 0 aliphatic carbocycles. The van der Waals surface area contributed by atoms with Gasteiger partial charge < -0.3 is 4.57 Å². The molecule has 0 radical (unpaired) electrons. The van der Waals surface area contributed by atoms with E-state index in [0.717, 1.165) is 60.9 Å². The topological polar surface area (TPSA) is 91.2 Å². The van der Waals surface area contributed by atoms with Gasteiger partial charge in [0.25, 0.3) is 0 Å². The van der Waals surface area contributed by atoms with E-state index in [4.69, 9.17) is 15.0 Å². The molecule has 0 aliphatic rings. The summed E-state index contributed by atoms with van der Waals surface area (Å²) in [7, 11) is 0. The van der Waals surface area contributed by atoms with E-state index in [-0.39, 0.29) is 5.82 Å². The lowest BCUT2D eigenvalue weighted by atomic mass is 9.97. The molecule has 8 aromatic carbocycles. The van der Waals surface area contributed by atoms with Crippen molar-refractivity contribution in [3.05, 3.63) is 205 Å². The first kappa shape index (κ1) is 35.9. The predicted molar refractivity (Wildman–Crippen MR) is 236 cm³/mol. The summed E-state index contributed by atoms with van der Waals surface area (Å²) >= 11 is 0. The van der Waals surface area contributed by atoms with Crippen molar-refractivity contribution >= 4 is 21.8 Å². The average Bonchev–Trinajstić information content (AvgIpc) is 3.65. The van der Waals surface area contributed by atoms with Crippen LogP contribution in [0.4, 0.5) is 4.39 Å². The number of rotatable bonds is 7. The quantitative estimate of drug-likeness (QED) is 0.161. The molecule has 7 heteroatoms. The number of hydrogen-bond donors (Lipinski definition) is 0. The van der Waals surface area contributed by atoms with Gasteiger partial charge in [-0.2, -0.15) is 10.5 Å². The molecule has 0 spiro atoms. The Kier molecular flexibility index (Phi) is 9.02. The monoisotopic (exact) mass is 770 g/mol. The molecule has 10 aromatic rings. The molecule has 0 aliphatic heterocycles. The summed E-state index contributed by atoms with van der Waals surface area (Å²) in [5.41, 5.74) is 11.2. The van der Waals surface area contributed by atoms with Crippen LogP contribution >= 0.6 is 0 Å². The summed E-state index contributed by atoms with van der Waals surface area (Å²) < 4.78 is 18.1. The van der Waals surface area contributed by atoms with Crippen LogP contribution in [0.5, 0.6) is 0 Å². The third-order valence-corrected chi connectivity index (χ3v) is 10.8. The zero-order valence-electron chi connectivity index (χ0n) is 32.0. The molecule has 0 unspecified atom stereocenters. The first-order valence-corrected chi connectivity index (χ1v) is 19.4. The second kappa shape index (κ2) is 15.1. The van der Waals surface area contributed by atoms with Crippen molar-refractivity contribution in [3.8, 4) is 85.4 Å². The second-order valence-electron chi connectivity index (χ2n) is 14.4. The van der Waals surface area contributed by atoms with E-state index < -0.39 is 0 Å². The van der Waals surface area contributed by atoms with Gasteiger partial charge in [-0.1, -0.05) is 133 Å². The second-order valence-corrected chi connectivity index (χ2v) is 14.4. The highest BCUT2D eigenvalue weighted by molar-refractivity contribution is 6.11. The third kappa shape index (κ3) is 6.53. The van der Waals surface area contributed by atoms with Gasteiger partial charge in [-0.15, -0.1) is 0 Å². The van der Waals surface area contributed by atoms with Crippen molar-refractivity contribution in [1.29, 1.82) is 10.5 Å². The third-order valence-electron chi connectivity index (χ3n) is 10.8. The summed E-state index contributed by atoms with van der Waals surface area (Å²) in [6, 6.07) is 64.8. The Labute approximate surface area is 345 Å². The number of halogens is 1. The van der Waals surface area contributed by atoms with E-state index in [0.29, 0.717) is 45.3 Å². The van der Waals surface area contributed by atoms with E-state index in [1.54, 1.807) is 12.1 Å². The van der Waals surface area contributed by atoms with Crippen LogP contribution in [0.15, 0.2) is 188 Å². The normalized spacial score (nSPS) is 11.1. The molecule has 0 saturated carbocycles. The Hall–Kier alpha value is -8.52. The molecule has 6 nitrogen and oxygen atoms in total. The van der Waals surface area contributed by atoms with Gasteiger partial charge in [-0.25, -0.2) is 19.3 Å². The predicted octanol–water partition coefficient (Wildman–Crippen LogP) is 12.9. The largest absolute Gasteiger partial charge is 0.309 e. The minimum Gasteiger partial charge on any atom is -0.309 e. The molecule has 2 heterocycles. The molecule has 0 amide bonds. The van der Waals surface area contributed by atoms with Gasteiger partial charge in [0.15, 0.2) is 17.5 Å². The highest BCUT2D eigenvalue weighted by atomic mass is 19.1. The number of nitriles is 2. The number of hydrogen-bond acceptors (Lipinski definition) is 5. The van der Waals surface area contributed by atoms with E-state index in [2.05, 4.69) is 53.1 Å². The molecule has 0 atom stereocenters. The minimum atomic E-state index is -0.358. The van der Waals surface area contributed by atoms with Crippen molar-refractivity contribution in [1.82, 2.24) is 19.5 Å². The Morgan fingerprint density at radius 3 is 1.35 bits per heavy atom. The Bertz CT molecular complexity index is 3150. The number of fused-ring (bicyclic) bond motifs is 3. The lowest BCUT2D eigenvalue weighted by Crippen LogP contribution is -2.03. The number of nitrogens with zero attached hydrogens (tertiary/aromatic N) is 6. The maximum atomic E-state index is 15.9. The van der Waals surface area contributed by atoms with Gasteiger partial charge in [0.05, 0.1) is 34.3 Å². The van der Waals surface area contributed by atoms with Crippen LogP contribution in [-0.2, 0) is 0 Å². The molecule has 10 rings (SSSR count). The van der Waals surface area contributed by atoms with Gasteiger partial charge in [0.2, 0.25) is 0 Å². The highest BCUT2D eigenvalue weighted by Crippen LogP contribution is 2.40. The Morgan fingerprint density at radius 1 is 0.383 bits per heavy atom. The fourth-order valence-electron chi connectivity index (χ4n) is 7.83. The lowest BCUT2D eigenvalue weighted by molar-refractivity contribution is 0.631. The van der Waals surface area contributed by atoms with Crippen molar-refractivity contribution in [2.75, 3.05) is 0 Å². The van der Waals surface area contributed by atoms with Crippen LogP contribution in [0.3, 0.4) is 0 Å². The van der Waals surface area contributed by atoms with E-state index in [9.17, 15) is 10.5 Å². The zero-order chi connectivity index (χ0) is 40.6. The minimum absolute atomic E-state index is 0.358. The van der Waals surface area contributed by atoms with E-state index in [1.807, 2.05) is 133 Å². The van der Waals surface area contributed by atoms with Gasteiger partial charge in [-0.05, 0) is 82.4 Å². The van der Waals surface area contributed by atoms with E-state index >= 15 is 4.39 Å². The van der Waals surface area contributed by atoms with E-state index in [1.165, 1.54) is 6.07 Å². The summed E-state index contributed by atoms with van der Waals surface area (Å²) in [5.74, 6) is 1.05. The van der Waals surface area contributed by atoms with Crippen molar-refractivity contribution in [3.63, 3.8) is 0 Å². The van der Waals surface area contributed by atoms with Crippen molar-refractivity contribution in [2.24, 2.45) is 0 Å². The fourth-order valence-corrected chi connectivity index (χ4v) is 7.83. The molecular weight excluding hydrogens is 740 g/mol. The molecule has 280 valence electrons. The zero-order valence-corrected chi connectivity index (χ0v) is 32.0. The number of benzene rings is 8. The molecule has 0 saturated heterocycles. The maximum Gasteiger partial charge on any atom is 0.164 e. The molecule has 0 bridgehead atoms. The summed E-state index contributed by atoms with van der Waals surface area (Å²) in [6.07, 6.45) is 0. The Balaban J connectivity index is 1.26. The molecule has 0 fully saturated rings. The first-order chi connectivity index (χ1) is 29.5. The fraction of sp³-hybridized carbons (Fsp3) is 0. The smallest absolute Gasteiger partial charge is 0.164 e. The Morgan fingerprint density at radius 2 is 0.850 bits per heavy atom. The summed E-state index contributed by atoms with van der Waals surface area (Å²) in [6.45, 7) is 0. The summed E-state index contributed by atoms with van der Waals surface area (Å²) in [5, 5.41) is 21.0. The van der Waals surface area contributed by atoms with Crippen LogP contribution in [0.25, 0.3) is 95.0 Å². The van der Waals surface area contributed by atoms with Gasteiger partial charge in [-0.3, -0.25) is 0 Å². The molecular formula is C53H31FN6. The summed E-state index contributed by atoms with van der Waals surface area (Å²) in [4.78, 5) is 15.1. The molecule has 0 N–H and O–H groups in total. The molecule has 2 aromatic heterocycles. The average molecular weight is 771 g/mol. The van der Waals surface area contributed by atoms with Gasteiger partial charge >= 0.3 is 0 Å². The van der Waals surface area contributed by atoms with Crippen molar-refractivity contribution in [2.45, 2.75) is 0 Å². The maximum absolute atomic E-state index is 15.9. The molecule has 60 heavy (non-hydrogen) atoms. The highest BCUT2D eigenvalue weighted by Gasteiger charge is 2.21. The van der Waals surface area contributed by atoms with Crippen LogP contribution < -0.4 is 0 Å². The first-order valence-electron chi connectivity index (χ1n) is 19.4. The van der Waals surface area contributed by atoms with Gasteiger partial charge in [0.1, 0.15) is 5.82 Å². The van der Waals surface area contributed by atoms with Crippen LogP contribution in [0, 0.1) is 28.5 Å².